The highest BCUT2D eigenvalue weighted by atomic mass is 16.2. The van der Waals surface area contributed by atoms with Crippen molar-refractivity contribution in [3.63, 3.8) is 0 Å². The number of nitrogens with zero attached hydrogens (tertiary/aromatic N) is 3. The highest BCUT2D eigenvalue weighted by molar-refractivity contribution is 5.81. The average molecular weight is 321 g/mol. The van der Waals surface area contributed by atoms with Crippen molar-refractivity contribution in [2.24, 2.45) is 5.92 Å². The molecule has 1 aromatic carbocycles. The van der Waals surface area contributed by atoms with E-state index in [1.54, 1.807) is 0 Å². The number of carbonyl (C=O) groups excluding carboxylic acids is 1. The molecule has 1 amide bonds. The Labute approximate surface area is 143 Å². The van der Waals surface area contributed by atoms with Crippen LogP contribution in [0.1, 0.15) is 30.9 Å². The van der Waals surface area contributed by atoms with E-state index in [2.05, 4.69) is 39.0 Å². The Bertz CT molecular complexity index is 689. The number of anilines is 1. The van der Waals surface area contributed by atoms with Crippen LogP contribution in [0.2, 0.25) is 0 Å². The molecule has 2 fully saturated rings. The summed E-state index contributed by atoms with van der Waals surface area (Å²) in [6, 6.07) is 16.6. The Balaban J connectivity index is 1.45. The molecule has 0 spiro atoms. The molecule has 0 saturated carbocycles. The van der Waals surface area contributed by atoms with E-state index >= 15 is 0 Å². The van der Waals surface area contributed by atoms with Gasteiger partial charge in [0.2, 0.25) is 5.91 Å². The quantitative estimate of drug-likeness (QED) is 0.870. The predicted octanol–water partition coefficient (Wildman–Crippen LogP) is 3.27. The molecule has 2 aliphatic rings. The van der Waals surface area contributed by atoms with Gasteiger partial charge in [-0.1, -0.05) is 36.4 Å². The maximum Gasteiger partial charge on any atom is 0.227 e. The fourth-order valence-electron chi connectivity index (χ4n) is 3.83. The molecule has 124 valence electrons. The second kappa shape index (κ2) is 6.63. The third-order valence-corrected chi connectivity index (χ3v) is 5.23. The number of carbonyl (C=O) groups is 1. The molecule has 4 rings (SSSR count). The van der Waals surface area contributed by atoms with E-state index in [0.29, 0.717) is 5.91 Å². The molecule has 3 heterocycles. The van der Waals surface area contributed by atoms with E-state index in [1.165, 1.54) is 5.56 Å². The minimum atomic E-state index is 0.0901. The molecule has 4 heteroatoms. The van der Waals surface area contributed by atoms with Gasteiger partial charge in [-0.15, -0.1) is 0 Å². The van der Waals surface area contributed by atoms with Crippen LogP contribution in [-0.2, 0) is 4.79 Å². The number of rotatable bonds is 3. The minimum Gasteiger partial charge on any atom is -0.356 e. The van der Waals surface area contributed by atoms with Gasteiger partial charge in [-0.25, -0.2) is 4.98 Å². The Morgan fingerprint density at radius 2 is 1.83 bits per heavy atom. The van der Waals surface area contributed by atoms with Crippen molar-refractivity contribution in [2.75, 3.05) is 24.5 Å². The van der Waals surface area contributed by atoms with Crippen molar-refractivity contribution >= 4 is 11.7 Å². The molecular weight excluding hydrogens is 298 g/mol. The van der Waals surface area contributed by atoms with Crippen LogP contribution in [0.3, 0.4) is 0 Å². The Morgan fingerprint density at radius 3 is 2.54 bits per heavy atom. The van der Waals surface area contributed by atoms with Gasteiger partial charge in [0.15, 0.2) is 0 Å². The number of likely N-dealkylation sites (tertiary alicyclic amines) is 1. The third-order valence-electron chi connectivity index (χ3n) is 5.23. The van der Waals surface area contributed by atoms with Gasteiger partial charge in [-0.2, -0.15) is 0 Å². The molecule has 2 atom stereocenters. The van der Waals surface area contributed by atoms with E-state index in [-0.39, 0.29) is 12.0 Å². The molecule has 2 saturated heterocycles. The molecule has 0 aliphatic carbocycles. The van der Waals surface area contributed by atoms with E-state index in [0.717, 1.165) is 44.7 Å². The average Bonchev–Trinajstić information content (AvgIpc) is 2.62. The number of aromatic nitrogens is 1. The summed E-state index contributed by atoms with van der Waals surface area (Å²) in [6.07, 6.45) is 4.94. The first-order valence-corrected chi connectivity index (χ1v) is 8.84. The number of hydrogen-bond acceptors (Lipinski definition) is 3. The second-order valence-electron chi connectivity index (χ2n) is 6.72. The van der Waals surface area contributed by atoms with Crippen LogP contribution in [0.25, 0.3) is 0 Å². The smallest absolute Gasteiger partial charge is 0.227 e. The van der Waals surface area contributed by atoms with Crippen LogP contribution in [0, 0.1) is 5.92 Å². The van der Waals surface area contributed by atoms with Gasteiger partial charge in [0.05, 0.1) is 12.0 Å². The second-order valence-corrected chi connectivity index (χ2v) is 6.72. The van der Waals surface area contributed by atoms with Gasteiger partial charge in [-0.05, 0) is 37.0 Å². The standard InChI is InChI=1S/C20H23N3O/c24-20(23-14-11-18(23)16-7-2-1-3-8-16)17-9-6-13-22(15-17)19-10-4-5-12-21-19/h1-5,7-8,10,12,17-18H,6,9,11,13-15H2/t17-,18+/m0/s1. The molecule has 0 unspecified atom stereocenters. The molecule has 2 aliphatic heterocycles. The van der Waals surface area contributed by atoms with Gasteiger partial charge in [0, 0.05) is 25.8 Å². The topological polar surface area (TPSA) is 36.4 Å². The van der Waals surface area contributed by atoms with Crippen molar-refractivity contribution < 1.29 is 4.79 Å². The van der Waals surface area contributed by atoms with Crippen molar-refractivity contribution in [3.8, 4) is 0 Å². The largest absolute Gasteiger partial charge is 0.356 e. The molecule has 0 bridgehead atoms. The summed E-state index contributed by atoms with van der Waals surface area (Å²) in [5.74, 6) is 1.39. The van der Waals surface area contributed by atoms with Gasteiger partial charge in [0.25, 0.3) is 0 Å². The maximum atomic E-state index is 13.0. The van der Waals surface area contributed by atoms with Crippen LogP contribution < -0.4 is 4.90 Å². The summed E-state index contributed by atoms with van der Waals surface area (Å²) in [6.45, 7) is 2.66. The predicted molar refractivity (Wildman–Crippen MR) is 94.7 cm³/mol. The van der Waals surface area contributed by atoms with Crippen LogP contribution in [0.15, 0.2) is 54.7 Å². The molecule has 0 N–H and O–H groups in total. The lowest BCUT2D eigenvalue weighted by atomic mass is 9.90. The molecule has 24 heavy (non-hydrogen) atoms. The lowest BCUT2D eigenvalue weighted by molar-refractivity contribution is -0.144. The maximum absolute atomic E-state index is 13.0. The molecule has 1 aromatic heterocycles. The zero-order valence-corrected chi connectivity index (χ0v) is 13.8. The normalized spacial score (nSPS) is 23.7. The van der Waals surface area contributed by atoms with E-state index in [1.807, 2.05) is 30.5 Å². The van der Waals surface area contributed by atoms with Crippen molar-refractivity contribution in [1.82, 2.24) is 9.88 Å². The van der Waals surface area contributed by atoms with Gasteiger partial charge >= 0.3 is 0 Å². The zero-order valence-electron chi connectivity index (χ0n) is 13.8. The first-order valence-electron chi connectivity index (χ1n) is 8.84. The Morgan fingerprint density at radius 1 is 1.00 bits per heavy atom. The Kier molecular flexibility index (Phi) is 4.20. The molecule has 2 aromatic rings. The van der Waals surface area contributed by atoms with Crippen molar-refractivity contribution in [1.29, 1.82) is 0 Å². The van der Waals surface area contributed by atoms with Crippen molar-refractivity contribution in [2.45, 2.75) is 25.3 Å². The van der Waals surface area contributed by atoms with Crippen LogP contribution in [0.5, 0.6) is 0 Å². The van der Waals surface area contributed by atoms with Crippen LogP contribution in [0.4, 0.5) is 5.82 Å². The lowest BCUT2D eigenvalue weighted by Gasteiger charge is -2.44. The third kappa shape index (κ3) is 2.88. The van der Waals surface area contributed by atoms with Gasteiger partial charge in [-0.3, -0.25) is 4.79 Å². The summed E-state index contributed by atoms with van der Waals surface area (Å²) in [7, 11) is 0. The summed E-state index contributed by atoms with van der Waals surface area (Å²) >= 11 is 0. The van der Waals surface area contributed by atoms with Crippen LogP contribution in [-0.4, -0.2) is 35.4 Å². The first kappa shape index (κ1) is 15.2. The Hall–Kier alpha value is -2.36. The van der Waals surface area contributed by atoms with Crippen LogP contribution >= 0.6 is 0 Å². The number of piperidine rings is 1. The van der Waals surface area contributed by atoms with E-state index < -0.39 is 0 Å². The monoisotopic (exact) mass is 321 g/mol. The number of pyridine rings is 1. The van der Waals surface area contributed by atoms with Crippen molar-refractivity contribution in [3.05, 3.63) is 60.3 Å². The molecule has 4 nitrogen and oxygen atoms in total. The first-order chi connectivity index (χ1) is 11.8. The number of hydrogen-bond donors (Lipinski definition) is 0. The summed E-state index contributed by atoms with van der Waals surface area (Å²) in [5.41, 5.74) is 1.26. The number of amides is 1. The zero-order chi connectivity index (χ0) is 16.4. The van der Waals surface area contributed by atoms with Gasteiger partial charge in [0.1, 0.15) is 5.82 Å². The summed E-state index contributed by atoms with van der Waals surface area (Å²) in [4.78, 5) is 21.8. The summed E-state index contributed by atoms with van der Waals surface area (Å²) in [5, 5.41) is 0. The van der Waals surface area contributed by atoms with Gasteiger partial charge < -0.3 is 9.80 Å². The summed E-state index contributed by atoms with van der Waals surface area (Å²) < 4.78 is 0. The SMILES string of the molecule is O=C([C@H]1CCCN(c2ccccn2)C1)N1CC[C@@H]1c1ccccc1. The minimum absolute atomic E-state index is 0.0901. The number of benzene rings is 1. The highest BCUT2D eigenvalue weighted by Crippen LogP contribution is 2.35. The fourth-order valence-corrected chi connectivity index (χ4v) is 3.83. The van der Waals surface area contributed by atoms with E-state index in [9.17, 15) is 4.79 Å². The van der Waals surface area contributed by atoms with E-state index in [4.69, 9.17) is 0 Å². The lowest BCUT2D eigenvalue weighted by Crippen LogP contribution is -2.51. The highest BCUT2D eigenvalue weighted by Gasteiger charge is 2.38. The fraction of sp³-hybridized carbons (Fsp3) is 0.400. The molecular formula is C20H23N3O. The molecule has 0 radical (unpaired) electrons.